The van der Waals surface area contributed by atoms with Crippen LogP contribution in [0.25, 0.3) is 0 Å². The normalized spacial score (nSPS) is 14.3. The summed E-state index contributed by atoms with van der Waals surface area (Å²) in [5.74, 6) is 0. The first-order valence-electron chi connectivity index (χ1n) is 6.07. The summed E-state index contributed by atoms with van der Waals surface area (Å²) in [5, 5.41) is 13.9. The van der Waals surface area contributed by atoms with Gasteiger partial charge in [0.1, 0.15) is 0 Å². The van der Waals surface area contributed by atoms with Gasteiger partial charge in [0.05, 0.1) is 5.25 Å². The topological polar surface area (TPSA) is 55.0 Å². The third-order valence-electron chi connectivity index (χ3n) is 2.74. The van der Waals surface area contributed by atoms with Gasteiger partial charge in [-0.3, -0.25) is 0 Å². The zero-order valence-electron chi connectivity index (χ0n) is 11.2. The van der Waals surface area contributed by atoms with Crippen LogP contribution in [0.4, 0.5) is 5.13 Å². The molecule has 2 heterocycles. The highest BCUT2D eigenvalue weighted by atomic mass is 32.2. The lowest BCUT2D eigenvalue weighted by molar-refractivity contribution is 0.635. The van der Waals surface area contributed by atoms with Crippen molar-refractivity contribution in [1.29, 1.82) is 0 Å². The molecule has 2 unspecified atom stereocenters. The number of hydrogen-bond acceptors (Lipinski definition) is 7. The third kappa shape index (κ3) is 3.68. The molecule has 4 nitrogen and oxygen atoms in total. The van der Waals surface area contributed by atoms with Crippen LogP contribution in [0.3, 0.4) is 0 Å². The molecule has 0 fully saturated rings. The first kappa shape index (κ1) is 14.8. The molecular weight excluding hydrogens is 296 g/mol. The smallest absolute Gasteiger partial charge is 0.208 e. The van der Waals surface area contributed by atoms with Gasteiger partial charge in [0.25, 0.3) is 0 Å². The number of hydrogen-bond donors (Lipinski definition) is 1. The van der Waals surface area contributed by atoms with E-state index in [1.165, 1.54) is 5.56 Å². The fraction of sp³-hybridized carbons (Fsp3) is 0.500. The number of aromatic nitrogens is 2. The molecule has 2 N–H and O–H groups in total. The van der Waals surface area contributed by atoms with Crippen molar-refractivity contribution in [3.05, 3.63) is 22.4 Å². The van der Waals surface area contributed by atoms with E-state index in [1.807, 2.05) is 19.0 Å². The quantitative estimate of drug-likeness (QED) is 0.830. The number of nitrogens with zero attached hydrogens (tertiary/aromatic N) is 3. The van der Waals surface area contributed by atoms with Crippen molar-refractivity contribution < 1.29 is 0 Å². The average molecular weight is 315 g/mol. The van der Waals surface area contributed by atoms with E-state index < -0.39 is 0 Å². The number of nitrogens with two attached hydrogens (primary N) is 1. The third-order valence-corrected chi connectivity index (χ3v) is 6.02. The van der Waals surface area contributed by atoms with E-state index in [0.29, 0.717) is 0 Å². The maximum atomic E-state index is 6.25. The lowest BCUT2D eigenvalue weighted by atomic mass is 10.1. The number of thiophene rings is 1. The molecule has 0 radical (unpaired) electrons. The SMILES string of the molecule is CCC(N)C(Sc1nnc(N(C)C)s1)c1ccsc1. The van der Waals surface area contributed by atoms with E-state index in [-0.39, 0.29) is 11.3 Å². The van der Waals surface area contributed by atoms with Gasteiger partial charge in [-0.15, -0.1) is 10.2 Å². The van der Waals surface area contributed by atoms with Crippen LogP contribution in [0.1, 0.15) is 24.2 Å². The van der Waals surface area contributed by atoms with Crippen molar-refractivity contribution in [2.45, 2.75) is 29.0 Å². The van der Waals surface area contributed by atoms with Crippen molar-refractivity contribution in [2.75, 3.05) is 19.0 Å². The second-order valence-corrected chi connectivity index (χ2v) is 7.54. The molecule has 0 aliphatic heterocycles. The van der Waals surface area contributed by atoms with Crippen LogP contribution in [0, 0.1) is 0 Å². The minimum atomic E-state index is 0.131. The van der Waals surface area contributed by atoms with Crippen molar-refractivity contribution in [2.24, 2.45) is 5.73 Å². The summed E-state index contributed by atoms with van der Waals surface area (Å²) >= 11 is 5.03. The van der Waals surface area contributed by atoms with Crippen molar-refractivity contribution >= 4 is 39.6 Å². The number of rotatable bonds is 6. The molecule has 0 aromatic carbocycles. The van der Waals surface area contributed by atoms with Gasteiger partial charge in [0, 0.05) is 20.1 Å². The molecule has 19 heavy (non-hydrogen) atoms. The van der Waals surface area contributed by atoms with Crippen LogP contribution in [-0.4, -0.2) is 30.3 Å². The lowest BCUT2D eigenvalue weighted by Gasteiger charge is -2.20. The summed E-state index contributed by atoms with van der Waals surface area (Å²) in [7, 11) is 3.95. The number of anilines is 1. The zero-order valence-corrected chi connectivity index (χ0v) is 13.7. The minimum absolute atomic E-state index is 0.131. The molecule has 2 aromatic rings. The van der Waals surface area contributed by atoms with E-state index >= 15 is 0 Å². The summed E-state index contributed by atoms with van der Waals surface area (Å²) in [6, 6.07) is 2.28. The maximum absolute atomic E-state index is 6.25. The first-order chi connectivity index (χ1) is 9.11. The fourth-order valence-corrected chi connectivity index (χ4v) is 4.56. The van der Waals surface area contributed by atoms with Crippen molar-refractivity contribution in [1.82, 2.24) is 10.2 Å². The molecule has 0 aliphatic rings. The van der Waals surface area contributed by atoms with Crippen LogP contribution < -0.4 is 10.6 Å². The van der Waals surface area contributed by atoms with Crippen LogP contribution in [0.2, 0.25) is 0 Å². The Morgan fingerprint density at radius 1 is 1.42 bits per heavy atom. The van der Waals surface area contributed by atoms with Gasteiger partial charge < -0.3 is 10.6 Å². The molecule has 2 aromatic heterocycles. The average Bonchev–Trinajstić information content (AvgIpc) is 3.05. The standard InChI is InChI=1S/C12H18N4S3/c1-4-9(13)10(8-5-6-17-7-8)18-12-15-14-11(19-12)16(2)3/h5-7,9-10H,4,13H2,1-3H3. The maximum Gasteiger partial charge on any atom is 0.208 e. The molecule has 0 spiro atoms. The van der Waals surface area contributed by atoms with Crippen molar-refractivity contribution in [3.63, 3.8) is 0 Å². The molecule has 0 bridgehead atoms. The second-order valence-electron chi connectivity index (χ2n) is 4.41. The van der Waals surface area contributed by atoms with Gasteiger partial charge in [-0.1, -0.05) is 30.0 Å². The van der Waals surface area contributed by atoms with E-state index in [9.17, 15) is 0 Å². The highest BCUT2D eigenvalue weighted by Gasteiger charge is 2.22. The Balaban J connectivity index is 2.15. The molecule has 2 rings (SSSR count). The van der Waals surface area contributed by atoms with Gasteiger partial charge >= 0.3 is 0 Å². The van der Waals surface area contributed by atoms with Gasteiger partial charge in [-0.25, -0.2) is 0 Å². The molecule has 104 valence electrons. The second kappa shape index (κ2) is 6.69. The molecule has 7 heteroatoms. The van der Waals surface area contributed by atoms with E-state index in [0.717, 1.165) is 15.9 Å². The Morgan fingerprint density at radius 3 is 2.74 bits per heavy atom. The van der Waals surface area contributed by atoms with E-state index in [1.54, 1.807) is 34.4 Å². The van der Waals surface area contributed by atoms with E-state index in [4.69, 9.17) is 5.73 Å². The molecule has 0 saturated heterocycles. The highest BCUT2D eigenvalue weighted by molar-refractivity contribution is 8.01. The largest absolute Gasteiger partial charge is 0.353 e. The molecule has 0 saturated carbocycles. The van der Waals surface area contributed by atoms with Gasteiger partial charge in [0.2, 0.25) is 5.13 Å². The van der Waals surface area contributed by atoms with Gasteiger partial charge in [-0.05, 0) is 28.8 Å². The predicted molar refractivity (Wildman–Crippen MR) is 85.4 cm³/mol. The van der Waals surface area contributed by atoms with E-state index in [2.05, 4.69) is 33.9 Å². The summed E-state index contributed by atoms with van der Waals surface area (Å²) in [6.07, 6.45) is 0.951. The van der Waals surface area contributed by atoms with Crippen LogP contribution in [0.5, 0.6) is 0 Å². The Morgan fingerprint density at radius 2 is 2.21 bits per heavy atom. The summed E-state index contributed by atoms with van der Waals surface area (Å²) < 4.78 is 0.976. The minimum Gasteiger partial charge on any atom is -0.353 e. The lowest BCUT2D eigenvalue weighted by Crippen LogP contribution is -2.25. The summed E-state index contributed by atoms with van der Waals surface area (Å²) in [6.45, 7) is 2.12. The first-order valence-corrected chi connectivity index (χ1v) is 8.71. The summed E-state index contributed by atoms with van der Waals surface area (Å²) in [4.78, 5) is 1.97. The van der Waals surface area contributed by atoms with Crippen molar-refractivity contribution in [3.8, 4) is 0 Å². The molecule has 0 amide bonds. The molecular formula is C12H18N4S3. The fourth-order valence-electron chi connectivity index (χ4n) is 1.59. The van der Waals surface area contributed by atoms with Gasteiger partial charge in [0.15, 0.2) is 4.34 Å². The van der Waals surface area contributed by atoms with Crippen LogP contribution in [0.15, 0.2) is 21.2 Å². The summed E-state index contributed by atoms with van der Waals surface area (Å²) in [5.41, 5.74) is 7.54. The molecule has 2 atom stereocenters. The van der Waals surface area contributed by atoms with Crippen LogP contribution in [-0.2, 0) is 0 Å². The molecule has 0 aliphatic carbocycles. The monoisotopic (exact) mass is 314 g/mol. The highest BCUT2D eigenvalue weighted by Crippen LogP contribution is 2.41. The Hall–Kier alpha value is -0.630. The zero-order chi connectivity index (χ0) is 13.8. The predicted octanol–water partition coefficient (Wildman–Crippen LogP) is 3.24. The van der Waals surface area contributed by atoms with Gasteiger partial charge in [-0.2, -0.15) is 11.3 Å². The Bertz CT molecular complexity index is 495. The van der Waals surface area contributed by atoms with Crippen LogP contribution >= 0.6 is 34.4 Å². The number of thioether (sulfide) groups is 1. The Kier molecular flexibility index (Phi) is 5.20. The Labute approximate surface area is 126 Å².